The number of aliphatic hydroxyl groups is 1. The molecule has 0 radical (unpaired) electrons. The normalized spacial score (nSPS) is 12.3. The van der Waals surface area contributed by atoms with Gasteiger partial charge in [0, 0.05) is 15.5 Å². The Kier molecular flexibility index (Phi) is 5.13. The van der Waals surface area contributed by atoms with Gasteiger partial charge in [0.05, 0.1) is 6.10 Å². The number of aryl methyl sites for hydroxylation is 1. The van der Waals surface area contributed by atoms with Crippen LogP contribution in [0.5, 0.6) is 0 Å². The van der Waals surface area contributed by atoms with Gasteiger partial charge in [-0.25, -0.2) is 0 Å². The monoisotopic (exact) mass is 353 g/mol. The highest BCUT2D eigenvalue weighted by atomic mass is 127. The Morgan fingerprint density at radius 1 is 1.11 bits per heavy atom. The Labute approximate surface area is 121 Å². The summed E-state index contributed by atoms with van der Waals surface area (Å²) in [5.41, 5.74) is 2.23. The number of pyridine rings is 1. The first-order valence-electron chi connectivity index (χ1n) is 6.06. The molecule has 1 unspecified atom stereocenters. The van der Waals surface area contributed by atoms with E-state index < -0.39 is 0 Å². The Balaban J connectivity index is 1.82. The lowest BCUT2D eigenvalue weighted by Crippen LogP contribution is -2.12. The fraction of sp³-hybridized carbons (Fsp3) is 0.267. The Morgan fingerprint density at radius 3 is 2.56 bits per heavy atom. The fourth-order valence-corrected chi connectivity index (χ4v) is 2.21. The molecule has 2 aromatic rings. The second-order valence-electron chi connectivity index (χ2n) is 4.34. The highest BCUT2D eigenvalue weighted by Gasteiger charge is 2.06. The minimum atomic E-state index is -0.299. The lowest BCUT2D eigenvalue weighted by molar-refractivity contribution is 0.165. The quantitative estimate of drug-likeness (QED) is 0.838. The maximum Gasteiger partial charge on any atom is 0.0584 e. The van der Waals surface area contributed by atoms with E-state index in [2.05, 4.69) is 51.8 Å². The summed E-state index contributed by atoms with van der Waals surface area (Å²) in [5, 5.41) is 10.0. The number of rotatable bonds is 5. The van der Waals surface area contributed by atoms with Gasteiger partial charge in [-0.1, -0.05) is 18.2 Å². The van der Waals surface area contributed by atoms with Crippen LogP contribution in [0.3, 0.4) is 0 Å². The molecule has 1 heterocycles. The van der Waals surface area contributed by atoms with Gasteiger partial charge in [0.15, 0.2) is 0 Å². The van der Waals surface area contributed by atoms with Crippen LogP contribution < -0.4 is 0 Å². The molecule has 3 heteroatoms. The van der Waals surface area contributed by atoms with E-state index in [9.17, 15) is 5.11 Å². The van der Waals surface area contributed by atoms with Gasteiger partial charge < -0.3 is 5.11 Å². The zero-order valence-electron chi connectivity index (χ0n) is 10.1. The van der Waals surface area contributed by atoms with Crippen LogP contribution in [-0.4, -0.2) is 16.2 Å². The van der Waals surface area contributed by atoms with Crippen molar-refractivity contribution in [2.75, 3.05) is 0 Å². The van der Waals surface area contributed by atoms with Gasteiger partial charge in [0.2, 0.25) is 0 Å². The van der Waals surface area contributed by atoms with E-state index in [1.54, 1.807) is 6.20 Å². The molecule has 1 atom stereocenters. The molecule has 0 aliphatic carbocycles. The zero-order valence-corrected chi connectivity index (χ0v) is 12.2. The van der Waals surface area contributed by atoms with Crippen LogP contribution in [0.25, 0.3) is 0 Å². The highest BCUT2D eigenvalue weighted by Crippen LogP contribution is 2.11. The average molecular weight is 353 g/mol. The SMILES string of the molecule is OC(CCc1ccccn1)Cc1ccc(I)cc1. The predicted octanol–water partition coefficient (Wildman–Crippen LogP) is 3.22. The van der Waals surface area contributed by atoms with Crippen LogP contribution in [0, 0.1) is 3.57 Å². The molecular weight excluding hydrogens is 337 g/mol. The molecule has 94 valence electrons. The van der Waals surface area contributed by atoms with Crippen molar-refractivity contribution in [3.8, 4) is 0 Å². The van der Waals surface area contributed by atoms with Crippen molar-refractivity contribution >= 4 is 22.6 Å². The summed E-state index contributed by atoms with van der Waals surface area (Å²) in [6.07, 6.45) is 3.78. The summed E-state index contributed by atoms with van der Waals surface area (Å²) in [7, 11) is 0. The number of benzene rings is 1. The van der Waals surface area contributed by atoms with Gasteiger partial charge in [-0.05, 0) is 71.7 Å². The van der Waals surface area contributed by atoms with E-state index >= 15 is 0 Å². The first kappa shape index (κ1) is 13.5. The summed E-state index contributed by atoms with van der Waals surface area (Å²) >= 11 is 2.28. The molecule has 0 saturated heterocycles. The van der Waals surface area contributed by atoms with Crippen molar-refractivity contribution in [2.45, 2.75) is 25.4 Å². The molecule has 1 aromatic heterocycles. The number of halogens is 1. The van der Waals surface area contributed by atoms with Gasteiger partial charge in [-0.2, -0.15) is 0 Å². The van der Waals surface area contributed by atoms with Crippen LogP contribution in [0.2, 0.25) is 0 Å². The molecular formula is C15H16INO. The number of hydrogen-bond acceptors (Lipinski definition) is 2. The lowest BCUT2D eigenvalue weighted by atomic mass is 10.0. The van der Waals surface area contributed by atoms with Gasteiger partial charge in [0.1, 0.15) is 0 Å². The minimum Gasteiger partial charge on any atom is -0.393 e. The Bertz CT molecular complexity index is 470. The Hall–Kier alpha value is -0.940. The van der Waals surface area contributed by atoms with E-state index in [0.29, 0.717) is 6.42 Å². The summed E-state index contributed by atoms with van der Waals surface area (Å²) in [5.74, 6) is 0. The van der Waals surface area contributed by atoms with Crippen molar-refractivity contribution in [1.82, 2.24) is 4.98 Å². The first-order chi connectivity index (χ1) is 8.74. The number of hydrogen-bond donors (Lipinski definition) is 1. The number of aliphatic hydroxyl groups excluding tert-OH is 1. The molecule has 0 bridgehead atoms. The van der Waals surface area contributed by atoms with E-state index in [-0.39, 0.29) is 6.10 Å². The third kappa shape index (κ3) is 4.38. The molecule has 1 N–H and O–H groups in total. The Morgan fingerprint density at radius 2 is 1.89 bits per heavy atom. The van der Waals surface area contributed by atoms with Crippen molar-refractivity contribution in [3.05, 3.63) is 63.5 Å². The van der Waals surface area contributed by atoms with E-state index in [1.165, 1.54) is 9.13 Å². The third-order valence-electron chi connectivity index (χ3n) is 2.84. The maximum atomic E-state index is 10.0. The number of aromatic nitrogens is 1. The molecule has 18 heavy (non-hydrogen) atoms. The van der Waals surface area contributed by atoms with Crippen LogP contribution in [-0.2, 0) is 12.8 Å². The lowest BCUT2D eigenvalue weighted by Gasteiger charge is -2.10. The molecule has 0 saturated carbocycles. The van der Waals surface area contributed by atoms with Crippen molar-refractivity contribution < 1.29 is 5.11 Å². The predicted molar refractivity (Wildman–Crippen MR) is 81.4 cm³/mol. The second-order valence-corrected chi connectivity index (χ2v) is 5.59. The van der Waals surface area contributed by atoms with Crippen LogP contribution in [0.4, 0.5) is 0 Å². The summed E-state index contributed by atoms with van der Waals surface area (Å²) < 4.78 is 1.22. The van der Waals surface area contributed by atoms with E-state index in [4.69, 9.17) is 0 Å². The van der Waals surface area contributed by atoms with Gasteiger partial charge in [0.25, 0.3) is 0 Å². The average Bonchev–Trinajstić information content (AvgIpc) is 2.40. The smallest absolute Gasteiger partial charge is 0.0584 e. The second kappa shape index (κ2) is 6.85. The molecule has 2 nitrogen and oxygen atoms in total. The summed E-state index contributed by atoms with van der Waals surface area (Å²) in [6, 6.07) is 14.2. The largest absolute Gasteiger partial charge is 0.393 e. The zero-order chi connectivity index (χ0) is 12.8. The molecule has 0 amide bonds. The molecule has 2 rings (SSSR count). The van der Waals surface area contributed by atoms with E-state index in [1.807, 2.05) is 18.2 Å². The van der Waals surface area contributed by atoms with Crippen molar-refractivity contribution in [1.29, 1.82) is 0 Å². The van der Waals surface area contributed by atoms with E-state index in [0.717, 1.165) is 18.5 Å². The molecule has 0 spiro atoms. The molecule has 1 aromatic carbocycles. The van der Waals surface area contributed by atoms with Crippen molar-refractivity contribution in [2.24, 2.45) is 0 Å². The first-order valence-corrected chi connectivity index (χ1v) is 7.14. The van der Waals surface area contributed by atoms with Gasteiger partial charge in [-0.3, -0.25) is 4.98 Å². The summed E-state index contributed by atoms with van der Waals surface area (Å²) in [4.78, 5) is 4.26. The standard InChI is InChI=1S/C15H16INO/c16-13-6-4-12(5-7-13)11-15(18)9-8-14-3-1-2-10-17-14/h1-7,10,15,18H,8-9,11H2. The fourth-order valence-electron chi connectivity index (χ4n) is 1.86. The van der Waals surface area contributed by atoms with Crippen molar-refractivity contribution in [3.63, 3.8) is 0 Å². The topological polar surface area (TPSA) is 33.1 Å². The number of nitrogens with zero attached hydrogens (tertiary/aromatic N) is 1. The molecule has 0 aliphatic rings. The van der Waals surface area contributed by atoms with Gasteiger partial charge >= 0.3 is 0 Å². The summed E-state index contributed by atoms with van der Waals surface area (Å²) in [6.45, 7) is 0. The third-order valence-corrected chi connectivity index (χ3v) is 3.56. The van der Waals surface area contributed by atoms with Crippen LogP contribution in [0.1, 0.15) is 17.7 Å². The van der Waals surface area contributed by atoms with Crippen LogP contribution in [0.15, 0.2) is 48.7 Å². The maximum absolute atomic E-state index is 10.0. The van der Waals surface area contributed by atoms with Gasteiger partial charge in [-0.15, -0.1) is 0 Å². The molecule has 0 aliphatic heterocycles. The highest BCUT2D eigenvalue weighted by molar-refractivity contribution is 14.1. The van der Waals surface area contributed by atoms with Crippen LogP contribution >= 0.6 is 22.6 Å². The minimum absolute atomic E-state index is 0.299. The molecule has 0 fully saturated rings.